The Morgan fingerprint density at radius 3 is 1.43 bits per heavy atom. The summed E-state index contributed by atoms with van der Waals surface area (Å²) in [4.78, 5) is 33.2. The number of fused-ring (bicyclic) bond motifs is 2. The molecule has 0 atom stereocenters. The van der Waals surface area contributed by atoms with Crippen LogP contribution in [0.3, 0.4) is 0 Å². The summed E-state index contributed by atoms with van der Waals surface area (Å²) >= 11 is 0. The summed E-state index contributed by atoms with van der Waals surface area (Å²) in [6.45, 7) is 8.45. The monoisotopic (exact) mass is 688 g/mol. The molecule has 4 heteroatoms. The topological polar surface area (TPSA) is 40.6 Å². The molecule has 0 aliphatic carbocycles. The van der Waals surface area contributed by atoms with Gasteiger partial charge >= 0.3 is 0 Å². The normalized spacial score (nSPS) is 14.5. The van der Waals surface area contributed by atoms with E-state index in [1.54, 1.807) is 0 Å². The zero-order valence-electron chi connectivity index (χ0n) is 30.4. The number of carbonyl (C=O) groups is 2. The van der Waals surface area contributed by atoms with Crippen LogP contribution >= 0.6 is 0 Å². The van der Waals surface area contributed by atoms with Gasteiger partial charge in [0.2, 0.25) is 0 Å². The van der Waals surface area contributed by atoms with E-state index in [0.717, 1.165) is 50.4 Å². The van der Waals surface area contributed by atoms with Gasteiger partial charge in [-0.3, -0.25) is 9.59 Å². The zero-order chi connectivity index (χ0) is 36.4. The summed E-state index contributed by atoms with van der Waals surface area (Å²) in [5, 5.41) is 1.56. The van der Waals surface area contributed by atoms with Crippen molar-refractivity contribution < 1.29 is 9.59 Å². The number of hydrogen-bond acceptors (Lipinski definition) is 3. The van der Waals surface area contributed by atoms with E-state index in [-0.39, 0.29) is 23.7 Å². The van der Waals surface area contributed by atoms with Crippen molar-refractivity contribution in [3.8, 4) is 0 Å². The van der Waals surface area contributed by atoms with Crippen molar-refractivity contribution in [2.24, 2.45) is 0 Å². The van der Waals surface area contributed by atoms with E-state index >= 15 is 0 Å². The maximum atomic E-state index is 14.7. The molecule has 7 aromatic rings. The van der Waals surface area contributed by atoms with Crippen LogP contribution in [0, 0.1) is 0 Å². The van der Waals surface area contributed by atoms with Crippen LogP contribution in [0.2, 0.25) is 0 Å². The standard InChI is InChI=1S/C49H40N2O2/c1-31(2)35-21-15-22-36(32(3)4)46(35)51-47(52)38-24-16-23-37-42(30-29-39(45(37)38)48(51)53)50-43-27-13-11-25-40(43)49(33-17-7-5-8-18-33,34-19-9-6-10-20-34)41-26-12-14-28-44(41)50/h5-32H,1-4H3. The molecule has 2 amide bonds. The number of carbonyl (C=O) groups excluding carboxylic acids is 2. The molecule has 0 unspecified atom stereocenters. The Balaban J connectivity index is 1.29. The van der Waals surface area contributed by atoms with Gasteiger partial charge in [-0.25, -0.2) is 4.90 Å². The first-order valence-corrected chi connectivity index (χ1v) is 18.5. The zero-order valence-corrected chi connectivity index (χ0v) is 30.4. The third-order valence-corrected chi connectivity index (χ3v) is 11.2. The molecular formula is C49H40N2O2. The highest BCUT2D eigenvalue weighted by Gasteiger charge is 2.47. The van der Waals surface area contributed by atoms with Crippen LogP contribution in [0.5, 0.6) is 0 Å². The Hall–Kier alpha value is -6.26. The molecule has 9 rings (SSSR count). The number of hydrogen-bond donors (Lipinski definition) is 0. The minimum atomic E-state index is -0.594. The maximum Gasteiger partial charge on any atom is 0.266 e. The van der Waals surface area contributed by atoms with Gasteiger partial charge in [0, 0.05) is 21.9 Å². The largest absolute Gasteiger partial charge is 0.309 e. The third-order valence-electron chi connectivity index (χ3n) is 11.2. The quantitative estimate of drug-likeness (QED) is 0.163. The van der Waals surface area contributed by atoms with Crippen LogP contribution in [-0.4, -0.2) is 11.8 Å². The van der Waals surface area contributed by atoms with Gasteiger partial charge < -0.3 is 4.90 Å². The molecule has 53 heavy (non-hydrogen) atoms. The molecule has 0 saturated carbocycles. The minimum absolute atomic E-state index is 0.127. The van der Waals surface area contributed by atoms with Crippen LogP contribution in [0.25, 0.3) is 10.8 Å². The van der Waals surface area contributed by atoms with E-state index in [0.29, 0.717) is 16.5 Å². The van der Waals surface area contributed by atoms with E-state index < -0.39 is 5.41 Å². The smallest absolute Gasteiger partial charge is 0.266 e. The van der Waals surface area contributed by atoms with Gasteiger partial charge in [0.15, 0.2) is 0 Å². The molecule has 2 heterocycles. The van der Waals surface area contributed by atoms with E-state index in [2.05, 4.69) is 154 Å². The highest BCUT2D eigenvalue weighted by molar-refractivity contribution is 6.37. The van der Waals surface area contributed by atoms with Gasteiger partial charge in [0.25, 0.3) is 11.8 Å². The number of amides is 2. The fourth-order valence-electron chi connectivity index (χ4n) is 8.92. The molecule has 0 bridgehead atoms. The second-order valence-electron chi connectivity index (χ2n) is 14.8. The van der Waals surface area contributed by atoms with Gasteiger partial charge in [0.05, 0.1) is 28.2 Å². The SMILES string of the molecule is CC(C)c1cccc(C(C)C)c1N1C(=O)c2cccc3c(N4c5ccccc5C(c5ccccc5)(c5ccccc5)c5ccccc54)ccc(c23)C1=O. The van der Waals surface area contributed by atoms with Crippen molar-refractivity contribution in [3.63, 3.8) is 0 Å². The van der Waals surface area contributed by atoms with Gasteiger partial charge in [0.1, 0.15) is 0 Å². The molecule has 2 aliphatic rings. The molecule has 7 aromatic carbocycles. The van der Waals surface area contributed by atoms with Gasteiger partial charge in [-0.15, -0.1) is 0 Å². The minimum Gasteiger partial charge on any atom is -0.309 e. The lowest BCUT2D eigenvalue weighted by Gasteiger charge is -2.46. The van der Waals surface area contributed by atoms with Gasteiger partial charge in [-0.05, 0) is 75.5 Å². The number of para-hydroxylation sites is 3. The Kier molecular flexibility index (Phi) is 7.67. The number of benzene rings is 7. The van der Waals surface area contributed by atoms with Crippen molar-refractivity contribution in [2.75, 3.05) is 9.80 Å². The van der Waals surface area contributed by atoms with Gasteiger partial charge in [-0.2, -0.15) is 0 Å². The Morgan fingerprint density at radius 1 is 0.434 bits per heavy atom. The van der Waals surface area contributed by atoms with Crippen LogP contribution in [0.1, 0.15) is 93.6 Å². The second-order valence-corrected chi connectivity index (χ2v) is 14.8. The van der Waals surface area contributed by atoms with Crippen molar-refractivity contribution >= 4 is 45.3 Å². The summed E-state index contributed by atoms with van der Waals surface area (Å²) in [5.41, 5.74) is 10.9. The fraction of sp³-hybridized carbons (Fsp3) is 0.143. The Morgan fingerprint density at radius 2 is 0.906 bits per heavy atom. The molecule has 2 aliphatic heterocycles. The second kappa shape index (κ2) is 12.5. The van der Waals surface area contributed by atoms with Crippen LogP contribution < -0.4 is 9.80 Å². The molecule has 0 fully saturated rings. The van der Waals surface area contributed by atoms with Gasteiger partial charge in [-0.1, -0.05) is 155 Å². The van der Waals surface area contributed by atoms with Crippen molar-refractivity contribution in [2.45, 2.75) is 44.9 Å². The summed E-state index contributed by atoms with van der Waals surface area (Å²) < 4.78 is 0. The molecular weight excluding hydrogens is 649 g/mol. The maximum absolute atomic E-state index is 14.7. The molecule has 0 radical (unpaired) electrons. The Bertz CT molecular complexity index is 2430. The average Bonchev–Trinajstić information content (AvgIpc) is 3.19. The van der Waals surface area contributed by atoms with Crippen molar-refractivity contribution in [1.29, 1.82) is 0 Å². The predicted molar refractivity (Wildman–Crippen MR) is 216 cm³/mol. The number of rotatable bonds is 6. The van der Waals surface area contributed by atoms with E-state index in [1.165, 1.54) is 16.0 Å². The first-order valence-electron chi connectivity index (χ1n) is 18.5. The number of anilines is 4. The molecule has 0 spiro atoms. The summed E-state index contributed by atoms with van der Waals surface area (Å²) in [6.07, 6.45) is 0. The summed E-state index contributed by atoms with van der Waals surface area (Å²) in [7, 11) is 0. The lowest BCUT2D eigenvalue weighted by Crippen LogP contribution is -2.42. The first kappa shape index (κ1) is 32.6. The average molecular weight is 689 g/mol. The van der Waals surface area contributed by atoms with Crippen LogP contribution in [-0.2, 0) is 5.41 Å². The Labute approximate surface area is 311 Å². The third kappa shape index (κ3) is 4.68. The highest BCUT2D eigenvalue weighted by Crippen LogP contribution is 2.58. The highest BCUT2D eigenvalue weighted by atomic mass is 16.2. The number of imide groups is 1. The van der Waals surface area contributed by atoms with Crippen LogP contribution in [0.15, 0.2) is 158 Å². The van der Waals surface area contributed by atoms with Crippen molar-refractivity contribution in [3.05, 3.63) is 202 Å². The molecule has 0 aromatic heterocycles. The van der Waals surface area contributed by atoms with Crippen LogP contribution in [0.4, 0.5) is 22.7 Å². The van der Waals surface area contributed by atoms with E-state index in [1.807, 2.05) is 36.4 Å². The summed E-state index contributed by atoms with van der Waals surface area (Å²) in [6, 6.07) is 54.8. The number of nitrogens with zero attached hydrogens (tertiary/aromatic N) is 2. The molecule has 0 N–H and O–H groups in total. The lowest BCUT2D eigenvalue weighted by atomic mass is 9.62. The first-order chi connectivity index (χ1) is 25.8. The summed E-state index contributed by atoms with van der Waals surface area (Å²) in [5.74, 6) is -0.317. The predicted octanol–water partition coefficient (Wildman–Crippen LogP) is 12.1. The molecule has 4 nitrogen and oxygen atoms in total. The molecule has 0 saturated heterocycles. The van der Waals surface area contributed by atoms with E-state index in [4.69, 9.17) is 0 Å². The molecule has 258 valence electrons. The van der Waals surface area contributed by atoms with E-state index in [9.17, 15) is 9.59 Å². The lowest BCUT2D eigenvalue weighted by molar-refractivity contribution is 0.0893. The van der Waals surface area contributed by atoms with Crippen molar-refractivity contribution in [1.82, 2.24) is 0 Å². The fourth-order valence-corrected chi connectivity index (χ4v) is 8.92.